The van der Waals surface area contributed by atoms with Crippen molar-refractivity contribution in [1.82, 2.24) is 0 Å². The minimum absolute atomic E-state index is 0.0917. The molecule has 0 heterocycles. The van der Waals surface area contributed by atoms with Gasteiger partial charge in [0.25, 0.3) is 0 Å². The number of fused-ring (bicyclic) bond motifs is 9. The van der Waals surface area contributed by atoms with E-state index in [2.05, 4.69) is 13.8 Å². The lowest BCUT2D eigenvalue weighted by atomic mass is 9.61. The molecule has 4 aliphatic carbocycles. The van der Waals surface area contributed by atoms with E-state index in [0.717, 1.165) is 73.2 Å². The molecule has 0 radical (unpaired) electrons. The first-order valence-electron chi connectivity index (χ1n) is 10.7. The van der Waals surface area contributed by atoms with E-state index < -0.39 is 0 Å². The SMILES string of the molecule is COCCCCC(OC(C)=O)C1CC2CC1C1C3CC(C(C)C3C)C21. The summed E-state index contributed by atoms with van der Waals surface area (Å²) < 4.78 is 11.0. The number of carbonyl (C=O) groups is 1. The maximum atomic E-state index is 11.7. The third-order valence-corrected chi connectivity index (χ3v) is 8.78. The number of hydrogen-bond acceptors (Lipinski definition) is 3. The molecule has 0 aromatic carbocycles. The number of hydrogen-bond donors (Lipinski definition) is 0. The normalized spacial score (nSPS) is 47.9. The van der Waals surface area contributed by atoms with E-state index in [1.165, 1.54) is 19.3 Å². The molecule has 0 aromatic heterocycles. The Bertz CT molecular complexity index is 504. The van der Waals surface area contributed by atoms with Crippen LogP contribution in [0, 0.1) is 53.3 Å². The molecule has 142 valence electrons. The van der Waals surface area contributed by atoms with Crippen LogP contribution in [0.3, 0.4) is 0 Å². The standard InChI is InChI=1S/C22H36O3/c1-12-13(2)17-11-16(12)21-15-9-18(19(10-15)22(17)21)20(25-14(3)23)7-5-6-8-24-4/h12-13,15-22H,5-11H2,1-4H3. The highest BCUT2D eigenvalue weighted by molar-refractivity contribution is 5.66. The molecule has 0 amide bonds. The second-order valence-electron chi connectivity index (χ2n) is 9.63. The highest BCUT2D eigenvalue weighted by Crippen LogP contribution is 2.71. The van der Waals surface area contributed by atoms with Gasteiger partial charge in [-0.05, 0) is 91.8 Å². The van der Waals surface area contributed by atoms with E-state index in [0.29, 0.717) is 5.92 Å². The van der Waals surface area contributed by atoms with Crippen LogP contribution in [0.25, 0.3) is 0 Å². The molecule has 10 unspecified atom stereocenters. The molecule has 4 rings (SSSR count). The van der Waals surface area contributed by atoms with Crippen molar-refractivity contribution in [3.63, 3.8) is 0 Å². The Balaban J connectivity index is 1.45. The Morgan fingerprint density at radius 1 is 1.00 bits per heavy atom. The number of esters is 1. The predicted octanol–water partition coefficient (Wildman–Crippen LogP) is 4.55. The Hall–Kier alpha value is -0.570. The zero-order chi connectivity index (χ0) is 17.7. The highest BCUT2D eigenvalue weighted by atomic mass is 16.5. The molecule has 4 saturated carbocycles. The summed E-state index contributed by atoms with van der Waals surface area (Å²) in [5, 5.41) is 0. The molecule has 3 nitrogen and oxygen atoms in total. The third kappa shape index (κ3) is 2.85. The average molecular weight is 349 g/mol. The van der Waals surface area contributed by atoms with Crippen molar-refractivity contribution in [2.24, 2.45) is 53.3 Å². The van der Waals surface area contributed by atoms with Gasteiger partial charge in [0.05, 0.1) is 0 Å². The minimum atomic E-state index is -0.0917. The van der Waals surface area contributed by atoms with Crippen molar-refractivity contribution in [3.8, 4) is 0 Å². The zero-order valence-electron chi connectivity index (χ0n) is 16.4. The Morgan fingerprint density at radius 3 is 2.40 bits per heavy atom. The highest BCUT2D eigenvalue weighted by Gasteiger charge is 2.66. The second-order valence-corrected chi connectivity index (χ2v) is 9.63. The van der Waals surface area contributed by atoms with Crippen LogP contribution < -0.4 is 0 Å². The maximum Gasteiger partial charge on any atom is 0.302 e. The Kier molecular flexibility index (Phi) is 4.90. The van der Waals surface area contributed by atoms with Crippen LogP contribution in [0.4, 0.5) is 0 Å². The summed E-state index contributed by atoms with van der Waals surface area (Å²) in [5.74, 6) is 8.01. The first-order chi connectivity index (χ1) is 12.0. The van der Waals surface area contributed by atoms with Crippen LogP contribution in [0.1, 0.15) is 59.3 Å². The topological polar surface area (TPSA) is 35.5 Å². The summed E-state index contributed by atoms with van der Waals surface area (Å²) >= 11 is 0. The van der Waals surface area contributed by atoms with Gasteiger partial charge in [0.2, 0.25) is 0 Å². The van der Waals surface area contributed by atoms with E-state index >= 15 is 0 Å². The van der Waals surface area contributed by atoms with Gasteiger partial charge >= 0.3 is 5.97 Å². The summed E-state index contributed by atoms with van der Waals surface area (Å²) in [6, 6.07) is 0. The number of unbranched alkanes of at least 4 members (excludes halogenated alkanes) is 1. The van der Waals surface area contributed by atoms with Gasteiger partial charge in [-0.2, -0.15) is 0 Å². The van der Waals surface area contributed by atoms with E-state index in [1.807, 2.05) is 0 Å². The maximum absolute atomic E-state index is 11.7. The second kappa shape index (κ2) is 6.87. The summed E-state index contributed by atoms with van der Waals surface area (Å²) in [6.45, 7) is 7.40. The van der Waals surface area contributed by atoms with Crippen molar-refractivity contribution in [1.29, 1.82) is 0 Å². The Labute approximate surface area is 153 Å². The van der Waals surface area contributed by atoms with E-state index in [-0.39, 0.29) is 12.1 Å². The van der Waals surface area contributed by atoms with Gasteiger partial charge in [0.1, 0.15) is 6.10 Å². The molecular weight excluding hydrogens is 312 g/mol. The molecule has 4 fully saturated rings. The molecule has 25 heavy (non-hydrogen) atoms. The molecule has 3 heteroatoms. The fraction of sp³-hybridized carbons (Fsp3) is 0.955. The molecule has 4 aliphatic rings. The molecule has 0 aromatic rings. The van der Waals surface area contributed by atoms with Gasteiger partial charge in [0, 0.05) is 20.6 Å². The van der Waals surface area contributed by atoms with E-state index in [9.17, 15) is 4.79 Å². The number of rotatable bonds is 7. The molecule has 0 spiro atoms. The van der Waals surface area contributed by atoms with Crippen LogP contribution >= 0.6 is 0 Å². The molecule has 0 aliphatic heterocycles. The molecular formula is C22H36O3. The van der Waals surface area contributed by atoms with Gasteiger partial charge in [-0.1, -0.05) is 13.8 Å². The zero-order valence-corrected chi connectivity index (χ0v) is 16.4. The summed E-state index contributed by atoms with van der Waals surface area (Å²) in [7, 11) is 1.76. The first-order valence-corrected chi connectivity index (χ1v) is 10.7. The number of methoxy groups -OCH3 is 1. The summed E-state index contributed by atoms with van der Waals surface area (Å²) in [6.07, 6.45) is 7.57. The van der Waals surface area contributed by atoms with Gasteiger partial charge in [0.15, 0.2) is 0 Å². The monoisotopic (exact) mass is 348 g/mol. The largest absolute Gasteiger partial charge is 0.462 e. The van der Waals surface area contributed by atoms with Gasteiger partial charge in [-0.15, -0.1) is 0 Å². The smallest absolute Gasteiger partial charge is 0.302 e. The fourth-order valence-electron chi connectivity index (χ4n) is 7.87. The van der Waals surface area contributed by atoms with Gasteiger partial charge in [-0.25, -0.2) is 0 Å². The lowest BCUT2D eigenvalue weighted by Gasteiger charge is -2.45. The van der Waals surface area contributed by atoms with Crippen LogP contribution in [-0.4, -0.2) is 25.8 Å². The van der Waals surface area contributed by atoms with Crippen molar-refractivity contribution in [2.45, 2.75) is 65.4 Å². The van der Waals surface area contributed by atoms with Crippen LogP contribution in [0.2, 0.25) is 0 Å². The number of ether oxygens (including phenoxy) is 2. The van der Waals surface area contributed by atoms with Crippen LogP contribution in [0.5, 0.6) is 0 Å². The van der Waals surface area contributed by atoms with Crippen molar-refractivity contribution in [3.05, 3.63) is 0 Å². The first kappa shape index (κ1) is 17.8. The fourth-order valence-corrected chi connectivity index (χ4v) is 7.87. The third-order valence-electron chi connectivity index (χ3n) is 8.78. The van der Waals surface area contributed by atoms with Crippen molar-refractivity contribution in [2.75, 3.05) is 13.7 Å². The summed E-state index contributed by atoms with van der Waals surface area (Å²) in [5.41, 5.74) is 0. The van der Waals surface area contributed by atoms with Crippen LogP contribution in [-0.2, 0) is 14.3 Å². The lowest BCUT2D eigenvalue weighted by Crippen LogP contribution is -2.42. The minimum Gasteiger partial charge on any atom is -0.462 e. The lowest BCUT2D eigenvalue weighted by molar-refractivity contribution is -0.152. The average Bonchev–Trinajstić information content (AvgIpc) is 3.30. The predicted molar refractivity (Wildman–Crippen MR) is 97.9 cm³/mol. The van der Waals surface area contributed by atoms with Crippen molar-refractivity contribution < 1.29 is 14.3 Å². The van der Waals surface area contributed by atoms with E-state index in [4.69, 9.17) is 9.47 Å². The molecule has 0 N–H and O–H groups in total. The summed E-state index contributed by atoms with van der Waals surface area (Å²) in [4.78, 5) is 11.7. The molecule has 0 saturated heterocycles. The quantitative estimate of drug-likeness (QED) is 0.385. The Morgan fingerprint density at radius 2 is 1.72 bits per heavy atom. The van der Waals surface area contributed by atoms with Crippen LogP contribution in [0.15, 0.2) is 0 Å². The molecule has 10 atom stereocenters. The van der Waals surface area contributed by atoms with Gasteiger partial charge in [-0.3, -0.25) is 4.79 Å². The van der Waals surface area contributed by atoms with Crippen molar-refractivity contribution >= 4 is 5.97 Å². The van der Waals surface area contributed by atoms with Gasteiger partial charge < -0.3 is 9.47 Å². The number of carbonyl (C=O) groups excluding carboxylic acids is 1. The van der Waals surface area contributed by atoms with E-state index in [1.54, 1.807) is 14.0 Å². The molecule has 4 bridgehead atoms.